The summed E-state index contributed by atoms with van der Waals surface area (Å²) in [6.07, 6.45) is -2.37. The molecule has 2 N–H and O–H groups in total. The highest BCUT2D eigenvalue weighted by Gasteiger charge is 2.28. The fourth-order valence-electron chi connectivity index (χ4n) is 1.71. The molecule has 1 amide bonds. The van der Waals surface area contributed by atoms with Crippen molar-refractivity contribution >= 4 is 11.6 Å². The van der Waals surface area contributed by atoms with E-state index in [1.54, 1.807) is 0 Å². The molecule has 20 heavy (non-hydrogen) atoms. The molecule has 0 aliphatic heterocycles. The van der Waals surface area contributed by atoms with Crippen molar-refractivity contribution in [2.75, 3.05) is 11.9 Å². The van der Waals surface area contributed by atoms with Crippen LogP contribution in [0.2, 0.25) is 0 Å². The van der Waals surface area contributed by atoms with E-state index in [0.717, 1.165) is 12.8 Å². The van der Waals surface area contributed by atoms with Gasteiger partial charge in [0.05, 0.1) is 0 Å². The van der Waals surface area contributed by atoms with E-state index in [9.17, 15) is 18.0 Å². The zero-order valence-corrected chi connectivity index (χ0v) is 11.6. The molecule has 0 spiro atoms. The molecule has 1 unspecified atom stereocenters. The second-order valence-corrected chi connectivity index (χ2v) is 4.65. The molecule has 112 valence electrons. The fraction of sp³-hybridized carbons (Fsp3) is 0.500. The summed E-state index contributed by atoms with van der Waals surface area (Å²) in [4.78, 5) is 11.5. The Bertz CT molecular complexity index is 429. The summed E-state index contributed by atoms with van der Waals surface area (Å²) < 4.78 is 36.0. The van der Waals surface area contributed by atoms with Gasteiger partial charge in [0.2, 0.25) is 5.91 Å². The lowest BCUT2D eigenvalue weighted by atomic mass is 10.1. The van der Waals surface area contributed by atoms with Gasteiger partial charge in [-0.15, -0.1) is 0 Å². The molecule has 1 atom stereocenters. The van der Waals surface area contributed by atoms with Crippen molar-refractivity contribution in [2.45, 2.75) is 38.9 Å². The summed E-state index contributed by atoms with van der Waals surface area (Å²) in [5, 5.41) is 4.72. The Morgan fingerprint density at radius 3 is 2.35 bits per heavy atom. The fourth-order valence-corrected chi connectivity index (χ4v) is 1.71. The van der Waals surface area contributed by atoms with E-state index in [1.165, 1.54) is 12.5 Å². The first kappa shape index (κ1) is 16.3. The number of carbonyl (C=O) groups is 1. The second-order valence-electron chi connectivity index (χ2n) is 4.65. The van der Waals surface area contributed by atoms with E-state index in [0.29, 0.717) is 5.69 Å². The molecule has 0 fully saturated rings. The van der Waals surface area contributed by atoms with E-state index < -0.39 is 24.7 Å². The summed E-state index contributed by atoms with van der Waals surface area (Å²) >= 11 is 0. The van der Waals surface area contributed by atoms with Crippen LogP contribution in [0.4, 0.5) is 18.9 Å². The average Bonchev–Trinajstić information content (AvgIpc) is 2.37. The Hall–Kier alpha value is -1.72. The molecule has 1 rings (SSSR count). The van der Waals surface area contributed by atoms with Crippen molar-refractivity contribution < 1.29 is 18.0 Å². The van der Waals surface area contributed by atoms with Crippen LogP contribution in [-0.2, 0) is 11.2 Å². The van der Waals surface area contributed by atoms with Crippen molar-refractivity contribution in [3.05, 3.63) is 29.8 Å². The van der Waals surface area contributed by atoms with Crippen LogP contribution in [-0.4, -0.2) is 24.7 Å². The number of alkyl halides is 3. The summed E-state index contributed by atoms with van der Waals surface area (Å²) in [7, 11) is 0. The predicted octanol–water partition coefficient (Wildman–Crippen LogP) is 3.12. The molecule has 0 aliphatic carbocycles. The lowest BCUT2D eigenvalue weighted by molar-refractivity contribution is -0.138. The monoisotopic (exact) mass is 288 g/mol. The van der Waals surface area contributed by atoms with Crippen molar-refractivity contribution in [2.24, 2.45) is 0 Å². The van der Waals surface area contributed by atoms with E-state index in [1.807, 2.05) is 29.6 Å². The zero-order valence-electron chi connectivity index (χ0n) is 11.6. The highest BCUT2D eigenvalue weighted by Crippen LogP contribution is 2.14. The molecule has 1 aromatic rings. The molecule has 1 aromatic carbocycles. The largest absolute Gasteiger partial charge is 0.405 e. The number of rotatable bonds is 6. The summed E-state index contributed by atoms with van der Waals surface area (Å²) in [5.74, 6) is -0.681. The van der Waals surface area contributed by atoms with Gasteiger partial charge in [-0.25, -0.2) is 0 Å². The number of hydrogen-bond donors (Lipinski definition) is 2. The summed E-state index contributed by atoms with van der Waals surface area (Å²) in [6.45, 7) is 2.29. The van der Waals surface area contributed by atoms with E-state index in [-0.39, 0.29) is 0 Å². The molecule has 0 aliphatic rings. The number of anilines is 1. The number of hydrogen-bond acceptors (Lipinski definition) is 2. The van der Waals surface area contributed by atoms with Crippen LogP contribution in [0.15, 0.2) is 24.3 Å². The smallest absolute Gasteiger partial charge is 0.374 e. The zero-order chi connectivity index (χ0) is 15.2. The second kappa shape index (κ2) is 7.17. The minimum Gasteiger partial charge on any atom is -0.374 e. The van der Waals surface area contributed by atoms with E-state index >= 15 is 0 Å². The van der Waals surface area contributed by atoms with Gasteiger partial charge in [0.25, 0.3) is 0 Å². The maximum atomic E-state index is 12.0. The highest BCUT2D eigenvalue weighted by atomic mass is 19.4. The Labute approximate surface area is 116 Å². The Morgan fingerprint density at radius 1 is 1.25 bits per heavy atom. The molecule has 0 aromatic heterocycles. The molecule has 0 saturated carbocycles. The average molecular weight is 288 g/mol. The maximum Gasteiger partial charge on any atom is 0.405 e. The third kappa shape index (κ3) is 5.95. The molecular formula is C14H19F3N2O. The van der Waals surface area contributed by atoms with Gasteiger partial charge < -0.3 is 10.6 Å². The molecular weight excluding hydrogens is 269 g/mol. The SMILES string of the molecule is CCCc1ccc(NC(C)C(=O)NCC(F)(F)F)cc1. The Balaban J connectivity index is 2.48. The minimum absolute atomic E-state index is 0.681. The number of halogens is 3. The molecule has 0 radical (unpaired) electrons. The van der Waals surface area contributed by atoms with Crippen molar-refractivity contribution in [3.63, 3.8) is 0 Å². The Morgan fingerprint density at radius 2 is 1.85 bits per heavy atom. The number of amides is 1. The highest BCUT2D eigenvalue weighted by molar-refractivity contribution is 5.84. The molecule has 0 saturated heterocycles. The third-order valence-electron chi connectivity index (χ3n) is 2.73. The van der Waals surface area contributed by atoms with Crippen LogP contribution in [0, 0.1) is 0 Å². The Kier molecular flexibility index (Phi) is 5.85. The van der Waals surface area contributed by atoms with Crippen LogP contribution >= 0.6 is 0 Å². The van der Waals surface area contributed by atoms with Crippen LogP contribution < -0.4 is 10.6 Å². The first-order valence-electron chi connectivity index (χ1n) is 6.51. The van der Waals surface area contributed by atoms with Gasteiger partial charge in [-0.2, -0.15) is 13.2 Å². The summed E-state index contributed by atoms with van der Waals surface area (Å²) in [5.41, 5.74) is 1.90. The van der Waals surface area contributed by atoms with Gasteiger partial charge in [0.1, 0.15) is 12.6 Å². The van der Waals surface area contributed by atoms with Crippen LogP contribution in [0.3, 0.4) is 0 Å². The van der Waals surface area contributed by atoms with Gasteiger partial charge in [0, 0.05) is 5.69 Å². The van der Waals surface area contributed by atoms with Crippen molar-refractivity contribution in [1.82, 2.24) is 5.32 Å². The first-order valence-corrected chi connectivity index (χ1v) is 6.51. The van der Waals surface area contributed by atoms with E-state index in [2.05, 4.69) is 12.2 Å². The minimum atomic E-state index is -4.39. The summed E-state index contributed by atoms with van der Waals surface area (Å²) in [6, 6.07) is 6.78. The quantitative estimate of drug-likeness (QED) is 0.844. The molecule has 3 nitrogen and oxygen atoms in total. The lowest BCUT2D eigenvalue weighted by Gasteiger charge is -2.16. The lowest BCUT2D eigenvalue weighted by Crippen LogP contribution is -2.42. The van der Waals surface area contributed by atoms with Gasteiger partial charge in [-0.05, 0) is 31.0 Å². The maximum absolute atomic E-state index is 12.0. The normalized spacial score (nSPS) is 12.8. The molecule has 0 bridgehead atoms. The number of aryl methyl sites for hydroxylation is 1. The number of carbonyl (C=O) groups excluding carboxylic acids is 1. The van der Waals surface area contributed by atoms with Gasteiger partial charge in [-0.1, -0.05) is 25.5 Å². The number of benzene rings is 1. The number of nitrogens with one attached hydrogen (secondary N) is 2. The van der Waals surface area contributed by atoms with Crippen molar-refractivity contribution in [1.29, 1.82) is 0 Å². The predicted molar refractivity (Wildman–Crippen MR) is 72.6 cm³/mol. The van der Waals surface area contributed by atoms with Crippen LogP contribution in [0.5, 0.6) is 0 Å². The topological polar surface area (TPSA) is 41.1 Å². The first-order chi connectivity index (χ1) is 9.31. The van der Waals surface area contributed by atoms with Crippen molar-refractivity contribution in [3.8, 4) is 0 Å². The van der Waals surface area contributed by atoms with Crippen LogP contribution in [0.1, 0.15) is 25.8 Å². The van der Waals surface area contributed by atoms with Gasteiger partial charge in [-0.3, -0.25) is 4.79 Å². The molecule has 6 heteroatoms. The van der Waals surface area contributed by atoms with E-state index in [4.69, 9.17) is 0 Å². The third-order valence-corrected chi connectivity index (χ3v) is 2.73. The van der Waals surface area contributed by atoms with Gasteiger partial charge >= 0.3 is 6.18 Å². The van der Waals surface area contributed by atoms with Gasteiger partial charge in [0.15, 0.2) is 0 Å². The molecule has 0 heterocycles. The standard InChI is InChI=1S/C14H19F3N2O/c1-3-4-11-5-7-12(8-6-11)19-10(2)13(20)18-9-14(15,16)17/h5-8,10,19H,3-4,9H2,1-2H3,(H,18,20). The van der Waals surface area contributed by atoms with Crippen LogP contribution in [0.25, 0.3) is 0 Å².